The van der Waals surface area contributed by atoms with E-state index in [1.54, 1.807) is 6.92 Å². The zero-order valence-corrected chi connectivity index (χ0v) is 5.53. The minimum Gasteiger partial charge on any atom is -0.303 e. The summed E-state index contributed by atoms with van der Waals surface area (Å²) >= 11 is 0. The molecule has 0 saturated heterocycles. The van der Waals surface area contributed by atoms with Crippen LogP contribution in [0.15, 0.2) is 0 Å². The van der Waals surface area contributed by atoms with Crippen molar-refractivity contribution in [3.05, 3.63) is 0 Å². The highest BCUT2D eigenvalue weighted by atomic mass is 19.3. The number of carbonyl (C=O) groups is 1. The maximum atomic E-state index is 12.2. The summed E-state index contributed by atoms with van der Waals surface area (Å²) in [5.74, 6) is -3.96. The molecule has 0 aromatic carbocycles. The first-order valence-corrected chi connectivity index (χ1v) is 2.85. The van der Waals surface area contributed by atoms with Crippen LogP contribution in [0.4, 0.5) is 8.78 Å². The van der Waals surface area contributed by atoms with E-state index < -0.39 is 11.8 Å². The molecule has 0 N–H and O–H groups in total. The number of rotatable bonds is 3. The van der Waals surface area contributed by atoms with Crippen molar-refractivity contribution in [2.45, 2.75) is 26.2 Å². The summed E-state index contributed by atoms with van der Waals surface area (Å²) in [5, 5.41) is 0. The first-order valence-electron chi connectivity index (χ1n) is 2.85. The Balaban J connectivity index is 3.94. The lowest BCUT2D eigenvalue weighted by atomic mass is 10.0. The molecule has 1 nitrogen and oxygen atoms in total. The van der Waals surface area contributed by atoms with Gasteiger partial charge in [0.1, 0.15) is 6.29 Å². The van der Waals surface area contributed by atoms with E-state index in [-0.39, 0.29) is 6.42 Å². The Kier molecular flexibility index (Phi) is 2.74. The molecule has 0 bridgehead atoms. The van der Waals surface area contributed by atoms with Crippen LogP contribution in [0, 0.1) is 5.92 Å². The molecule has 0 aliphatic rings. The zero-order chi connectivity index (χ0) is 7.49. The molecule has 54 valence electrons. The Bertz CT molecular complexity index is 95.7. The molecule has 1 unspecified atom stereocenters. The lowest BCUT2D eigenvalue weighted by Crippen LogP contribution is -2.24. The minimum atomic E-state index is -2.85. The Hall–Kier alpha value is -0.470. The second-order valence-corrected chi connectivity index (χ2v) is 2.11. The van der Waals surface area contributed by atoms with Gasteiger partial charge in [-0.25, -0.2) is 8.78 Å². The van der Waals surface area contributed by atoms with Crippen molar-refractivity contribution in [3.63, 3.8) is 0 Å². The van der Waals surface area contributed by atoms with E-state index >= 15 is 0 Å². The van der Waals surface area contributed by atoms with Gasteiger partial charge in [0.15, 0.2) is 0 Å². The molecular formula is C6H10F2O. The molecule has 0 aliphatic heterocycles. The SMILES string of the molecule is CCC(C=O)C(C)(F)F. The van der Waals surface area contributed by atoms with Gasteiger partial charge in [-0.2, -0.15) is 0 Å². The standard InChI is InChI=1S/C6H10F2O/c1-3-5(4-9)6(2,7)8/h4-5H,3H2,1-2H3. The summed E-state index contributed by atoms with van der Waals surface area (Å²) in [7, 11) is 0. The van der Waals surface area contributed by atoms with Crippen LogP contribution >= 0.6 is 0 Å². The fourth-order valence-electron chi connectivity index (χ4n) is 0.574. The van der Waals surface area contributed by atoms with Gasteiger partial charge in [0.05, 0.1) is 5.92 Å². The topological polar surface area (TPSA) is 17.1 Å². The van der Waals surface area contributed by atoms with Crippen LogP contribution in [0.25, 0.3) is 0 Å². The molecule has 0 saturated carbocycles. The third-order valence-electron chi connectivity index (χ3n) is 1.26. The zero-order valence-electron chi connectivity index (χ0n) is 5.53. The van der Waals surface area contributed by atoms with Crippen molar-refractivity contribution in [3.8, 4) is 0 Å². The van der Waals surface area contributed by atoms with Crippen LogP contribution < -0.4 is 0 Å². The molecule has 0 heterocycles. The van der Waals surface area contributed by atoms with Crippen LogP contribution in [-0.4, -0.2) is 12.2 Å². The molecule has 0 aliphatic carbocycles. The van der Waals surface area contributed by atoms with Gasteiger partial charge in [0.25, 0.3) is 5.92 Å². The highest BCUT2D eigenvalue weighted by Crippen LogP contribution is 2.23. The molecule has 0 fully saturated rings. The van der Waals surface area contributed by atoms with Crippen LogP contribution in [-0.2, 0) is 4.79 Å². The van der Waals surface area contributed by atoms with Gasteiger partial charge in [0.2, 0.25) is 0 Å². The third kappa shape index (κ3) is 2.54. The van der Waals surface area contributed by atoms with E-state index in [4.69, 9.17) is 0 Å². The molecule has 1 atom stereocenters. The molecule has 0 aromatic heterocycles. The van der Waals surface area contributed by atoms with Crippen molar-refractivity contribution in [2.75, 3.05) is 0 Å². The lowest BCUT2D eigenvalue weighted by molar-refractivity contribution is -0.122. The van der Waals surface area contributed by atoms with E-state index in [9.17, 15) is 13.6 Å². The third-order valence-corrected chi connectivity index (χ3v) is 1.26. The second kappa shape index (κ2) is 2.90. The molecule has 0 spiro atoms. The molecule has 0 amide bonds. The fraction of sp³-hybridized carbons (Fsp3) is 0.833. The van der Waals surface area contributed by atoms with Crippen molar-refractivity contribution in [2.24, 2.45) is 5.92 Å². The Labute approximate surface area is 53.1 Å². The predicted molar refractivity (Wildman–Crippen MR) is 30.5 cm³/mol. The summed E-state index contributed by atoms with van der Waals surface area (Å²) in [6.07, 6.45) is 0.507. The van der Waals surface area contributed by atoms with Crippen molar-refractivity contribution >= 4 is 6.29 Å². The Morgan fingerprint density at radius 2 is 2.11 bits per heavy atom. The van der Waals surface area contributed by atoms with Gasteiger partial charge in [-0.05, 0) is 6.42 Å². The van der Waals surface area contributed by atoms with E-state index in [0.717, 1.165) is 6.92 Å². The van der Waals surface area contributed by atoms with Crippen molar-refractivity contribution in [1.29, 1.82) is 0 Å². The van der Waals surface area contributed by atoms with Crippen LogP contribution in [0.3, 0.4) is 0 Å². The maximum absolute atomic E-state index is 12.2. The van der Waals surface area contributed by atoms with Gasteiger partial charge in [0, 0.05) is 6.92 Å². The van der Waals surface area contributed by atoms with E-state index in [1.165, 1.54) is 0 Å². The quantitative estimate of drug-likeness (QED) is 0.541. The first-order chi connectivity index (χ1) is 4.02. The van der Waals surface area contributed by atoms with Crippen LogP contribution in [0.1, 0.15) is 20.3 Å². The molecule has 0 rings (SSSR count). The molecule has 0 radical (unpaired) electrons. The summed E-state index contributed by atoms with van der Waals surface area (Å²) < 4.78 is 24.3. The smallest absolute Gasteiger partial charge is 0.254 e. The van der Waals surface area contributed by atoms with Crippen molar-refractivity contribution < 1.29 is 13.6 Å². The predicted octanol–water partition coefficient (Wildman–Crippen LogP) is 1.87. The van der Waals surface area contributed by atoms with Crippen LogP contribution in [0.2, 0.25) is 0 Å². The number of carbonyl (C=O) groups excluding carboxylic acids is 1. The van der Waals surface area contributed by atoms with Gasteiger partial charge in [-0.3, -0.25) is 0 Å². The van der Waals surface area contributed by atoms with E-state index in [2.05, 4.69) is 0 Å². The summed E-state index contributed by atoms with van der Waals surface area (Å²) in [4.78, 5) is 9.90. The summed E-state index contributed by atoms with van der Waals surface area (Å²) in [6.45, 7) is 2.33. The van der Waals surface area contributed by atoms with Gasteiger partial charge >= 0.3 is 0 Å². The highest BCUT2D eigenvalue weighted by molar-refractivity contribution is 5.54. The largest absolute Gasteiger partial charge is 0.303 e. The lowest BCUT2D eigenvalue weighted by Gasteiger charge is -2.14. The molecule has 0 aromatic rings. The number of hydrogen-bond donors (Lipinski definition) is 0. The summed E-state index contributed by atoms with van der Waals surface area (Å²) in [5.41, 5.74) is 0. The van der Waals surface area contributed by atoms with Gasteiger partial charge in [-0.15, -0.1) is 0 Å². The molecule has 3 heteroatoms. The monoisotopic (exact) mass is 136 g/mol. The molecular weight excluding hydrogens is 126 g/mol. The average molecular weight is 136 g/mol. The number of hydrogen-bond acceptors (Lipinski definition) is 1. The van der Waals surface area contributed by atoms with Gasteiger partial charge < -0.3 is 4.79 Å². The fourth-order valence-corrected chi connectivity index (χ4v) is 0.574. The van der Waals surface area contributed by atoms with Gasteiger partial charge in [-0.1, -0.05) is 6.92 Å². The Morgan fingerprint density at radius 3 is 2.11 bits per heavy atom. The number of aldehydes is 1. The number of halogens is 2. The number of alkyl halides is 2. The van der Waals surface area contributed by atoms with E-state index in [1.807, 2.05) is 0 Å². The molecule has 9 heavy (non-hydrogen) atoms. The normalized spacial score (nSPS) is 15.1. The minimum absolute atomic E-state index is 0.201. The first kappa shape index (κ1) is 8.53. The maximum Gasteiger partial charge on any atom is 0.254 e. The Morgan fingerprint density at radius 1 is 1.67 bits per heavy atom. The summed E-state index contributed by atoms with van der Waals surface area (Å²) in [6, 6.07) is 0. The highest BCUT2D eigenvalue weighted by Gasteiger charge is 2.31. The second-order valence-electron chi connectivity index (χ2n) is 2.11. The van der Waals surface area contributed by atoms with Crippen molar-refractivity contribution in [1.82, 2.24) is 0 Å². The van der Waals surface area contributed by atoms with Crippen LogP contribution in [0.5, 0.6) is 0 Å². The average Bonchev–Trinajstić information content (AvgIpc) is 1.65. The van der Waals surface area contributed by atoms with E-state index in [0.29, 0.717) is 6.29 Å².